The molecule has 0 saturated carbocycles. The summed E-state index contributed by atoms with van der Waals surface area (Å²) in [5, 5.41) is 13.6. The summed E-state index contributed by atoms with van der Waals surface area (Å²) in [6, 6.07) is 6.15. The van der Waals surface area contributed by atoms with Gasteiger partial charge < -0.3 is 15.2 Å². The van der Waals surface area contributed by atoms with Gasteiger partial charge in [-0.2, -0.15) is 0 Å². The molecule has 0 amide bonds. The molecule has 1 aromatic rings. The van der Waals surface area contributed by atoms with E-state index in [-0.39, 0.29) is 6.04 Å². The highest BCUT2D eigenvalue weighted by molar-refractivity contribution is 5.41. The molecule has 0 aromatic heterocycles. The molecule has 1 aliphatic rings. The molecule has 1 heterocycles. The number of phenols is 1. The predicted molar refractivity (Wildman–Crippen MR) is 86.0 cm³/mol. The van der Waals surface area contributed by atoms with Crippen LogP contribution in [0.4, 0.5) is 0 Å². The third-order valence-corrected chi connectivity index (χ3v) is 4.44. The largest absolute Gasteiger partial charge is 0.507 e. The number of nitrogens with zero attached hydrogens (tertiary/aromatic N) is 1. The topological polar surface area (TPSA) is 44.7 Å². The van der Waals surface area contributed by atoms with Gasteiger partial charge in [0.15, 0.2) is 0 Å². The summed E-state index contributed by atoms with van der Waals surface area (Å²) in [7, 11) is 1.61. The lowest BCUT2D eigenvalue weighted by Crippen LogP contribution is -2.43. The molecule has 4 nitrogen and oxygen atoms in total. The average Bonchev–Trinajstić information content (AvgIpc) is 2.52. The van der Waals surface area contributed by atoms with Crippen molar-refractivity contribution in [2.24, 2.45) is 0 Å². The van der Waals surface area contributed by atoms with Gasteiger partial charge in [0, 0.05) is 30.3 Å². The molecule has 2 unspecified atom stereocenters. The number of rotatable bonds is 6. The molecule has 0 radical (unpaired) electrons. The second-order valence-electron chi connectivity index (χ2n) is 6.00. The Kier molecular flexibility index (Phi) is 5.88. The van der Waals surface area contributed by atoms with Crippen molar-refractivity contribution in [2.45, 2.75) is 45.2 Å². The number of methoxy groups -OCH3 is 1. The summed E-state index contributed by atoms with van der Waals surface area (Å²) in [5.41, 5.74) is 0.918. The van der Waals surface area contributed by atoms with Gasteiger partial charge in [0.05, 0.1) is 7.11 Å². The van der Waals surface area contributed by atoms with Gasteiger partial charge in [-0.25, -0.2) is 0 Å². The Hall–Kier alpha value is -1.26. The third-order valence-electron chi connectivity index (χ3n) is 4.44. The first kappa shape index (κ1) is 16.1. The van der Waals surface area contributed by atoms with Crippen LogP contribution in [0.2, 0.25) is 0 Å². The van der Waals surface area contributed by atoms with Crippen LogP contribution < -0.4 is 10.1 Å². The standard InChI is InChI=1S/C17H28N2O2/c1-13(19-9-5-4-6-10-19)12-18-14(2)16-8-7-15(21-3)11-17(16)20/h7-8,11,13-14,18,20H,4-6,9-10,12H2,1-3H3. The third kappa shape index (κ3) is 4.35. The SMILES string of the molecule is COc1ccc(C(C)NCC(C)N2CCCCC2)c(O)c1. The Labute approximate surface area is 128 Å². The van der Waals surface area contributed by atoms with Crippen molar-refractivity contribution in [3.8, 4) is 11.5 Å². The fourth-order valence-electron chi connectivity index (χ4n) is 2.96. The number of likely N-dealkylation sites (tertiary alicyclic amines) is 1. The first-order valence-electron chi connectivity index (χ1n) is 7.96. The van der Waals surface area contributed by atoms with Crippen LogP contribution in [0.1, 0.15) is 44.7 Å². The van der Waals surface area contributed by atoms with Crippen molar-refractivity contribution in [2.75, 3.05) is 26.7 Å². The van der Waals surface area contributed by atoms with Crippen LogP contribution in [0.3, 0.4) is 0 Å². The van der Waals surface area contributed by atoms with E-state index in [0.29, 0.717) is 17.5 Å². The first-order valence-corrected chi connectivity index (χ1v) is 7.96. The van der Waals surface area contributed by atoms with Crippen LogP contribution in [-0.2, 0) is 0 Å². The first-order chi connectivity index (χ1) is 10.1. The number of hydrogen-bond donors (Lipinski definition) is 2. The van der Waals surface area contributed by atoms with E-state index in [4.69, 9.17) is 4.74 Å². The summed E-state index contributed by atoms with van der Waals surface area (Å²) < 4.78 is 5.12. The smallest absolute Gasteiger partial charge is 0.124 e. The van der Waals surface area contributed by atoms with Crippen molar-refractivity contribution in [3.05, 3.63) is 23.8 Å². The Balaban J connectivity index is 1.87. The average molecular weight is 292 g/mol. The molecular weight excluding hydrogens is 264 g/mol. The maximum atomic E-state index is 10.1. The van der Waals surface area contributed by atoms with E-state index in [9.17, 15) is 5.11 Å². The number of nitrogens with one attached hydrogen (secondary N) is 1. The molecule has 0 aliphatic carbocycles. The predicted octanol–water partition coefficient (Wildman–Crippen LogP) is 2.93. The Morgan fingerprint density at radius 1 is 1.24 bits per heavy atom. The van der Waals surface area contributed by atoms with Crippen molar-refractivity contribution in [1.29, 1.82) is 0 Å². The van der Waals surface area contributed by atoms with Crippen molar-refractivity contribution >= 4 is 0 Å². The molecule has 21 heavy (non-hydrogen) atoms. The molecule has 4 heteroatoms. The fourth-order valence-corrected chi connectivity index (χ4v) is 2.96. The summed E-state index contributed by atoms with van der Waals surface area (Å²) in [5.74, 6) is 0.977. The number of benzene rings is 1. The minimum atomic E-state index is 0.128. The van der Waals surface area contributed by atoms with Gasteiger partial charge in [-0.05, 0) is 45.8 Å². The van der Waals surface area contributed by atoms with E-state index in [1.54, 1.807) is 13.2 Å². The van der Waals surface area contributed by atoms with Gasteiger partial charge in [-0.1, -0.05) is 12.5 Å². The van der Waals surface area contributed by atoms with E-state index in [2.05, 4.69) is 24.1 Å². The van der Waals surface area contributed by atoms with Gasteiger partial charge in [-0.15, -0.1) is 0 Å². The normalized spacial score (nSPS) is 19.2. The number of hydrogen-bond acceptors (Lipinski definition) is 4. The van der Waals surface area contributed by atoms with Crippen LogP contribution >= 0.6 is 0 Å². The highest BCUT2D eigenvalue weighted by Crippen LogP contribution is 2.28. The molecule has 2 rings (SSSR count). The molecule has 1 aliphatic heterocycles. The van der Waals surface area contributed by atoms with E-state index in [1.165, 1.54) is 32.4 Å². The van der Waals surface area contributed by atoms with Crippen LogP contribution in [0, 0.1) is 0 Å². The zero-order valence-electron chi connectivity index (χ0n) is 13.4. The van der Waals surface area contributed by atoms with E-state index in [1.807, 2.05) is 12.1 Å². The van der Waals surface area contributed by atoms with Gasteiger partial charge in [-0.3, -0.25) is 4.90 Å². The number of aromatic hydroxyl groups is 1. The summed E-state index contributed by atoms with van der Waals surface area (Å²) in [6.07, 6.45) is 4.01. The van der Waals surface area contributed by atoms with Crippen LogP contribution in [0.15, 0.2) is 18.2 Å². The van der Waals surface area contributed by atoms with Crippen molar-refractivity contribution in [1.82, 2.24) is 10.2 Å². The van der Waals surface area contributed by atoms with Crippen molar-refractivity contribution in [3.63, 3.8) is 0 Å². The molecule has 0 bridgehead atoms. The van der Waals surface area contributed by atoms with Crippen LogP contribution in [-0.4, -0.2) is 42.8 Å². The summed E-state index contributed by atoms with van der Waals surface area (Å²) >= 11 is 0. The van der Waals surface area contributed by atoms with E-state index in [0.717, 1.165) is 12.1 Å². The minimum Gasteiger partial charge on any atom is -0.507 e. The highest BCUT2D eigenvalue weighted by atomic mass is 16.5. The second kappa shape index (κ2) is 7.66. The summed E-state index contributed by atoms with van der Waals surface area (Å²) in [6.45, 7) is 7.73. The zero-order valence-corrected chi connectivity index (χ0v) is 13.4. The molecule has 118 valence electrons. The maximum Gasteiger partial charge on any atom is 0.124 e. The summed E-state index contributed by atoms with van der Waals surface area (Å²) in [4.78, 5) is 2.55. The fraction of sp³-hybridized carbons (Fsp3) is 0.647. The Morgan fingerprint density at radius 2 is 1.95 bits per heavy atom. The lowest BCUT2D eigenvalue weighted by Gasteiger charge is -2.33. The van der Waals surface area contributed by atoms with Gasteiger partial charge >= 0.3 is 0 Å². The monoisotopic (exact) mass is 292 g/mol. The van der Waals surface area contributed by atoms with Crippen molar-refractivity contribution < 1.29 is 9.84 Å². The zero-order chi connectivity index (χ0) is 15.2. The molecular formula is C17H28N2O2. The van der Waals surface area contributed by atoms with Gasteiger partial charge in [0.2, 0.25) is 0 Å². The number of ether oxygens (including phenoxy) is 1. The second-order valence-corrected chi connectivity index (χ2v) is 6.00. The number of piperidine rings is 1. The Morgan fingerprint density at radius 3 is 2.57 bits per heavy atom. The molecule has 2 atom stereocenters. The minimum absolute atomic E-state index is 0.128. The van der Waals surface area contributed by atoms with Crippen LogP contribution in [0.25, 0.3) is 0 Å². The molecule has 0 spiro atoms. The lowest BCUT2D eigenvalue weighted by atomic mass is 10.1. The highest BCUT2D eigenvalue weighted by Gasteiger charge is 2.18. The quantitative estimate of drug-likeness (QED) is 0.846. The van der Waals surface area contributed by atoms with Gasteiger partial charge in [0.25, 0.3) is 0 Å². The van der Waals surface area contributed by atoms with Crippen LogP contribution in [0.5, 0.6) is 11.5 Å². The molecule has 2 N–H and O–H groups in total. The molecule has 1 aromatic carbocycles. The van der Waals surface area contributed by atoms with E-state index < -0.39 is 0 Å². The van der Waals surface area contributed by atoms with Gasteiger partial charge in [0.1, 0.15) is 11.5 Å². The number of phenolic OH excluding ortho intramolecular Hbond substituents is 1. The maximum absolute atomic E-state index is 10.1. The lowest BCUT2D eigenvalue weighted by molar-refractivity contribution is 0.168. The molecule has 1 fully saturated rings. The van der Waals surface area contributed by atoms with E-state index >= 15 is 0 Å². The Bertz CT molecular complexity index is 444. The molecule has 1 saturated heterocycles.